The quantitative estimate of drug-likeness (QED) is 0.734. The summed E-state index contributed by atoms with van der Waals surface area (Å²) < 4.78 is 2.07. The maximum atomic E-state index is 6.00. The Morgan fingerprint density at radius 2 is 2.11 bits per heavy atom. The first-order chi connectivity index (χ1) is 8.56. The lowest BCUT2D eigenvalue weighted by Gasteiger charge is -2.00. The van der Waals surface area contributed by atoms with Crippen LogP contribution in [0.4, 0.5) is 5.00 Å². The largest absolute Gasteiger partial charge is 0.391 e. The number of nitrogen functional groups attached to an aromatic ring is 1. The summed E-state index contributed by atoms with van der Waals surface area (Å²) in [5.41, 5.74) is 8.98. The molecule has 1 aromatic carbocycles. The highest BCUT2D eigenvalue weighted by atomic mass is 35.5. The molecule has 0 spiro atoms. The van der Waals surface area contributed by atoms with Gasteiger partial charge >= 0.3 is 0 Å². The first-order valence-corrected chi connectivity index (χ1v) is 6.74. The molecule has 0 aliphatic rings. The van der Waals surface area contributed by atoms with Crippen molar-refractivity contribution in [3.63, 3.8) is 0 Å². The van der Waals surface area contributed by atoms with E-state index in [1.165, 1.54) is 0 Å². The summed E-state index contributed by atoms with van der Waals surface area (Å²) in [5.74, 6) is 0.937. The van der Waals surface area contributed by atoms with Crippen molar-refractivity contribution in [3.05, 3.63) is 34.9 Å². The molecule has 18 heavy (non-hydrogen) atoms. The van der Waals surface area contributed by atoms with Gasteiger partial charge in [0.1, 0.15) is 0 Å². The van der Waals surface area contributed by atoms with Crippen molar-refractivity contribution in [3.8, 4) is 10.7 Å². The van der Waals surface area contributed by atoms with Gasteiger partial charge in [-0.1, -0.05) is 11.6 Å². The lowest BCUT2D eigenvalue weighted by molar-refractivity contribution is 0.961. The van der Waals surface area contributed by atoms with Crippen LogP contribution in [-0.4, -0.2) is 9.55 Å². The molecule has 0 atom stereocenters. The molecule has 0 amide bonds. The number of nitrogens with two attached hydrogens (primary N) is 1. The van der Waals surface area contributed by atoms with E-state index in [1.54, 1.807) is 11.3 Å². The van der Waals surface area contributed by atoms with Crippen LogP contribution in [0.1, 0.15) is 5.56 Å². The van der Waals surface area contributed by atoms with Crippen molar-refractivity contribution < 1.29 is 0 Å². The monoisotopic (exact) mass is 277 g/mol. The number of halogens is 1. The third kappa shape index (κ3) is 1.69. The van der Waals surface area contributed by atoms with Gasteiger partial charge in [0, 0.05) is 12.1 Å². The molecule has 3 nitrogen and oxygen atoms in total. The molecule has 0 aliphatic heterocycles. The molecule has 92 valence electrons. The summed E-state index contributed by atoms with van der Waals surface area (Å²) in [6, 6.07) is 7.73. The van der Waals surface area contributed by atoms with Crippen molar-refractivity contribution in [2.75, 3.05) is 5.73 Å². The van der Waals surface area contributed by atoms with E-state index in [9.17, 15) is 0 Å². The molecular weight excluding hydrogens is 266 g/mol. The molecule has 3 rings (SSSR count). The number of hydrogen-bond donors (Lipinski definition) is 1. The Kier molecular flexibility index (Phi) is 2.57. The van der Waals surface area contributed by atoms with Crippen LogP contribution in [0.25, 0.3) is 21.7 Å². The molecule has 2 aromatic heterocycles. The number of anilines is 1. The Bertz CT molecular complexity index is 742. The van der Waals surface area contributed by atoms with E-state index < -0.39 is 0 Å². The van der Waals surface area contributed by atoms with Crippen molar-refractivity contribution >= 4 is 39.0 Å². The topological polar surface area (TPSA) is 43.8 Å². The van der Waals surface area contributed by atoms with Crippen molar-refractivity contribution in [1.82, 2.24) is 9.55 Å². The molecule has 0 fully saturated rings. The average Bonchev–Trinajstić information content (AvgIpc) is 2.79. The lowest BCUT2D eigenvalue weighted by atomic mass is 10.3. The normalized spacial score (nSPS) is 11.3. The molecule has 2 N–H and O–H groups in total. The maximum absolute atomic E-state index is 6.00. The second-order valence-corrected chi connectivity index (χ2v) is 5.81. The second-order valence-electron chi connectivity index (χ2n) is 4.29. The highest BCUT2D eigenvalue weighted by molar-refractivity contribution is 7.19. The molecule has 0 aliphatic carbocycles. The number of imidazole rings is 1. The highest BCUT2D eigenvalue weighted by Crippen LogP contribution is 2.34. The van der Waals surface area contributed by atoms with Gasteiger partial charge in [-0.2, -0.15) is 0 Å². The summed E-state index contributed by atoms with van der Waals surface area (Å²) in [7, 11) is 2.01. The number of fused-ring (bicyclic) bond motifs is 1. The lowest BCUT2D eigenvalue weighted by Crippen LogP contribution is -1.91. The summed E-state index contributed by atoms with van der Waals surface area (Å²) in [5, 5.41) is 1.52. The van der Waals surface area contributed by atoms with E-state index in [1.807, 2.05) is 31.3 Å². The van der Waals surface area contributed by atoms with Crippen LogP contribution in [0, 0.1) is 6.92 Å². The van der Waals surface area contributed by atoms with Gasteiger partial charge in [0.2, 0.25) is 0 Å². The summed E-state index contributed by atoms with van der Waals surface area (Å²) in [6.45, 7) is 2.05. The molecule has 0 saturated carbocycles. The number of benzene rings is 1. The van der Waals surface area contributed by atoms with Crippen LogP contribution >= 0.6 is 22.9 Å². The highest BCUT2D eigenvalue weighted by Gasteiger charge is 2.14. The number of nitrogens with zero attached hydrogens (tertiary/aromatic N) is 2. The van der Waals surface area contributed by atoms with E-state index in [2.05, 4.69) is 16.5 Å². The van der Waals surface area contributed by atoms with Gasteiger partial charge < -0.3 is 10.3 Å². The summed E-state index contributed by atoms with van der Waals surface area (Å²) in [6.07, 6.45) is 0. The zero-order chi connectivity index (χ0) is 12.9. The van der Waals surface area contributed by atoms with E-state index >= 15 is 0 Å². The van der Waals surface area contributed by atoms with Crippen LogP contribution in [-0.2, 0) is 7.05 Å². The van der Waals surface area contributed by atoms with Crippen LogP contribution in [0.2, 0.25) is 5.02 Å². The Morgan fingerprint density at radius 1 is 1.33 bits per heavy atom. The van der Waals surface area contributed by atoms with Gasteiger partial charge in [0.05, 0.1) is 20.9 Å². The molecule has 5 heteroatoms. The fourth-order valence-corrected chi connectivity index (χ4v) is 3.24. The van der Waals surface area contributed by atoms with E-state index in [0.717, 1.165) is 32.3 Å². The Hall–Kier alpha value is -1.52. The van der Waals surface area contributed by atoms with Gasteiger partial charge in [0.25, 0.3) is 0 Å². The van der Waals surface area contributed by atoms with E-state index in [-0.39, 0.29) is 0 Å². The first kappa shape index (κ1) is 11.6. The molecule has 3 aromatic rings. The zero-order valence-corrected chi connectivity index (χ0v) is 11.6. The van der Waals surface area contributed by atoms with Crippen LogP contribution in [0.15, 0.2) is 24.3 Å². The van der Waals surface area contributed by atoms with Crippen molar-refractivity contribution in [2.45, 2.75) is 6.92 Å². The van der Waals surface area contributed by atoms with Gasteiger partial charge in [-0.25, -0.2) is 4.98 Å². The van der Waals surface area contributed by atoms with Crippen molar-refractivity contribution in [1.29, 1.82) is 0 Å². The molecule has 0 saturated heterocycles. The van der Waals surface area contributed by atoms with Crippen LogP contribution in [0.3, 0.4) is 0 Å². The first-order valence-electron chi connectivity index (χ1n) is 5.54. The minimum absolute atomic E-state index is 0.703. The predicted molar refractivity (Wildman–Crippen MR) is 78.2 cm³/mol. The number of thiophene rings is 1. The predicted octanol–water partition coefficient (Wildman–Crippen LogP) is 3.85. The molecule has 0 radical (unpaired) electrons. The van der Waals surface area contributed by atoms with E-state index in [0.29, 0.717) is 5.02 Å². The number of rotatable bonds is 1. The summed E-state index contributed by atoms with van der Waals surface area (Å²) >= 11 is 7.56. The fourth-order valence-electron chi connectivity index (χ4n) is 2.10. The third-order valence-electron chi connectivity index (χ3n) is 2.98. The minimum atomic E-state index is 0.703. The number of hydrogen-bond acceptors (Lipinski definition) is 3. The molecule has 0 bridgehead atoms. The average molecular weight is 278 g/mol. The SMILES string of the molecule is Cc1cc(N)sc1-c1nc2cc(Cl)ccc2n1C. The summed E-state index contributed by atoms with van der Waals surface area (Å²) in [4.78, 5) is 5.76. The third-order valence-corrected chi connectivity index (χ3v) is 4.28. The molecular formula is C13H12ClN3S. The van der Waals surface area contributed by atoms with Gasteiger partial charge in [0.15, 0.2) is 5.82 Å². The Balaban J connectivity index is 2.30. The Labute approximate surface area is 114 Å². The maximum Gasteiger partial charge on any atom is 0.151 e. The fraction of sp³-hybridized carbons (Fsp3) is 0.154. The van der Waals surface area contributed by atoms with Crippen molar-refractivity contribution in [2.24, 2.45) is 7.05 Å². The number of aryl methyl sites for hydroxylation is 2. The Morgan fingerprint density at radius 3 is 2.78 bits per heavy atom. The standard InChI is InChI=1S/C13H12ClN3S/c1-7-5-11(15)18-12(7)13-16-9-6-8(14)3-4-10(9)17(13)2/h3-6H,15H2,1-2H3. The van der Waals surface area contributed by atoms with Gasteiger partial charge in [-0.15, -0.1) is 11.3 Å². The van der Waals surface area contributed by atoms with Gasteiger partial charge in [-0.05, 0) is 36.8 Å². The zero-order valence-electron chi connectivity index (χ0n) is 10.1. The second kappa shape index (κ2) is 4.00. The molecule has 0 unspecified atom stereocenters. The van der Waals surface area contributed by atoms with Gasteiger partial charge in [-0.3, -0.25) is 0 Å². The van der Waals surface area contributed by atoms with Crippen LogP contribution in [0.5, 0.6) is 0 Å². The molecule has 2 heterocycles. The smallest absolute Gasteiger partial charge is 0.151 e. The van der Waals surface area contributed by atoms with E-state index in [4.69, 9.17) is 17.3 Å². The minimum Gasteiger partial charge on any atom is -0.391 e. The number of aromatic nitrogens is 2. The van der Waals surface area contributed by atoms with Crippen LogP contribution < -0.4 is 5.73 Å².